The van der Waals surface area contributed by atoms with E-state index < -0.39 is 21.6 Å². The van der Waals surface area contributed by atoms with Crippen LogP contribution in [0, 0.1) is 19.8 Å². The van der Waals surface area contributed by atoms with E-state index in [9.17, 15) is 18.0 Å². The molecule has 170 valence electrons. The van der Waals surface area contributed by atoms with Gasteiger partial charge < -0.3 is 9.73 Å². The predicted molar refractivity (Wildman–Crippen MR) is 120 cm³/mol. The first kappa shape index (κ1) is 22.2. The van der Waals surface area contributed by atoms with E-state index in [1.165, 1.54) is 10.4 Å². The molecule has 1 aromatic carbocycles. The highest BCUT2D eigenvalue weighted by Crippen LogP contribution is 2.27. The second kappa shape index (κ2) is 8.51. The Kier molecular flexibility index (Phi) is 5.91. The molecule has 0 radical (unpaired) electrons. The van der Waals surface area contributed by atoms with Crippen LogP contribution in [0.4, 0.5) is 5.69 Å². The molecule has 3 aromatic rings. The number of fused-ring (bicyclic) bond motifs is 1. The van der Waals surface area contributed by atoms with Gasteiger partial charge in [0.1, 0.15) is 10.5 Å². The molecule has 1 saturated heterocycles. The first-order valence-corrected chi connectivity index (χ1v) is 12.0. The summed E-state index contributed by atoms with van der Waals surface area (Å²) in [5.41, 5.74) is 1.68. The average Bonchev–Trinajstić information content (AvgIpc) is 3.15. The van der Waals surface area contributed by atoms with Crippen molar-refractivity contribution in [1.29, 1.82) is 0 Å². The van der Waals surface area contributed by atoms with Crippen LogP contribution in [-0.4, -0.2) is 41.5 Å². The molecule has 1 aliphatic heterocycles. The molecule has 0 aliphatic carbocycles. The SMILES string of the molecule is CCn1cc(S(=O)(=O)N2CCC[C@@H](C(=O)Nc3ccc4c(C)cc(=O)oc4c3)C2)c(C)n1. The molecule has 0 bridgehead atoms. The van der Waals surface area contributed by atoms with E-state index in [-0.39, 0.29) is 17.3 Å². The topological polar surface area (TPSA) is 115 Å². The van der Waals surface area contributed by atoms with Crippen LogP contribution in [-0.2, 0) is 21.4 Å². The zero-order chi connectivity index (χ0) is 23.0. The van der Waals surface area contributed by atoms with Crippen molar-refractivity contribution >= 4 is 32.6 Å². The first-order valence-electron chi connectivity index (χ1n) is 10.6. The zero-order valence-electron chi connectivity index (χ0n) is 18.3. The number of carbonyl (C=O) groups excluding carboxylic acids is 1. The highest BCUT2D eigenvalue weighted by Gasteiger charge is 2.35. The summed E-state index contributed by atoms with van der Waals surface area (Å²) in [6.07, 6.45) is 2.72. The van der Waals surface area contributed by atoms with Crippen molar-refractivity contribution in [3.63, 3.8) is 0 Å². The molecular formula is C22H26N4O5S. The van der Waals surface area contributed by atoms with Crippen LogP contribution in [0.2, 0.25) is 0 Å². The summed E-state index contributed by atoms with van der Waals surface area (Å²) in [4.78, 5) is 24.8. The molecule has 1 fully saturated rings. The van der Waals surface area contributed by atoms with Gasteiger partial charge in [0.25, 0.3) is 0 Å². The van der Waals surface area contributed by atoms with E-state index in [1.807, 2.05) is 13.8 Å². The van der Waals surface area contributed by atoms with Crippen molar-refractivity contribution < 1.29 is 17.6 Å². The summed E-state index contributed by atoms with van der Waals surface area (Å²) < 4.78 is 34.5. The van der Waals surface area contributed by atoms with Gasteiger partial charge in [-0.1, -0.05) is 0 Å². The van der Waals surface area contributed by atoms with Crippen LogP contribution in [0.15, 0.2) is 44.6 Å². The minimum Gasteiger partial charge on any atom is -0.423 e. The number of sulfonamides is 1. The van der Waals surface area contributed by atoms with Gasteiger partial charge in [0.2, 0.25) is 15.9 Å². The van der Waals surface area contributed by atoms with Gasteiger partial charge in [0.05, 0.1) is 11.6 Å². The van der Waals surface area contributed by atoms with Crippen LogP contribution in [0.3, 0.4) is 0 Å². The Labute approximate surface area is 186 Å². The summed E-state index contributed by atoms with van der Waals surface area (Å²) in [6.45, 7) is 6.43. The molecule has 1 aliphatic rings. The van der Waals surface area contributed by atoms with Crippen molar-refractivity contribution in [2.75, 3.05) is 18.4 Å². The molecule has 0 unspecified atom stereocenters. The zero-order valence-corrected chi connectivity index (χ0v) is 19.1. The monoisotopic (exact) mass is 458 g/mol. The molecule has 0 spiro atoms. The summed E-state index contributed by atoms with van der Waals surface area (Å²) in [5, 5.41) is 7.87. The average molecular weight is 459 g/mol. The van der Waals surface area contributed by atoms with E-state index in [2.05, 4.69) is 10.4 Å². The van der Waals surface area contributed by atoms with Gasteiger partial charge in [0.15, 0.2) is 0 Å². The van der Waals surface area contributed by atoms with Crippen molar-refractivity contribution in [2.24, 2.45) is 5.92 Å². The molecular weight excluding hydrogens is 432 g/mol. The number of nitrogens with one attached hydrogen (secondary N) is 1. The van der Waals surface area contributed by atoms with Crippen molar-refractivity contribution in [2.45, 2.75) is 45.1 Å². The number of carbonyl (C=O) groups is 1. The molecule has 3 heterocycles. The van der Waals surface area contributed by atoms with Gasteiger partial charge in [0, 0.05) is 49.0 Å². The van der Waals surface area contributed by atoms with Gasteiger partial charge in [-0.2, -0.15) is 9.40 Å². The number of rotatable bonds is 5. The molecule has 32 heavy (non-hydrogen) atoms. The summed E-state index contributed by atoms with van der Waals surface area (Å²) in [6, 6.07) is 6.56. The fraction of sp³-hybridized carbons (Fsp3) is 0.409. The molecule has 1 atom stereocenters. The van der Waals surface area contributed by atoms with Crippen LogP contribution in [0.1, 0.15) is 31.0 Å². The highest BCUT2D eigenvalue weighted by molar-refractivity contribution is 7.89. The molecule has 9 nitrogen and oxygen atoms in total. The quantitative estimate of drug-likeness (QED) is 0.588. The lowest BCUT2D eigenvalue weighted by Crippen LogP contribution is -2.43. The first-order chi connectivity index (χ1) is 15.2. The van der Waals surface area contributed by atoms with Gasteiger partial charge in [-0.3, -0.25) is 9.48 Å². The number of aryl methyl sites for hydroxylation is 3. The molecule has 1 N–H and O–H groups in total. The number of piperidine rings is 1. The Bertz CT molecular complexity index is 1340. The molecule has 2 aromatic heterocycles. The maximum Gasteiger partial charge on any atom is 0.336 e. The van der Waals surface area contributed by atoms with Gasteiger partial charge in [-0.15, -0.1) is 0 Å². The largest absolute Gasteiger partial charge is 0.423 e. The van der Waals surface area contributed by atoms with Gasteiger partial charge in [-0.05, 0) is 51.3 Å². The minimum atomic E-state index is -3.74. The summed E-state index contributed by atoms with van der Waals surface area (Å²) in [7, 11) is -3.74. The lowest BCUT2D eigenvalue weighted by Gasteiger charge is -2.31. The Hall–Kier alpha value is -2.98. The fourth-order valence-electron chi connectivity index (χ4n) is 4.08. The third kappa shape index (κ3) is 4.20. The third-order valence-electron chi connectivity index (χ3n) is 5.82. The number of benzene rings is 1. The number of hydrogen-bond donors (Lipinski definition) is 1. The van der Waals surface area contributed by atoms with E-state index in [1.54, 1.807) is 36.0 Å². The lowest BCUT2D eigenvalue weighted by molar-refractivity contribution is -0.120. The van der Waals surface area contributed by atoms with Crippen molar-refractivity contribution in [3.05, 3.63) is 52.1 Å². The van der Waals surface area contributed by atoms with E-state index in [0.29, 0.717) is 42.9 Å². The normalized spacial score (nSPS) is 17.5. The van der Waals surface area contributed by atoms with Crippen molar-refractivity contribution in [1.82, 2.24) is 14.1 Å². The Morgan fingerprint density at radius 3 is 2.78 bits per heavy atom. The van der Waals surface area contributed by atoms with Gasteiger partial charge in [-0.25, -0.2) is 13.2 Å². The number of nitrogens with zero attached hydrogens (tertiary/aromatic N) is 3. The Morgan fingerprint density at radius 2 is 2.06 bits per heavy atom. The molecule has 4 rings (SSSR count). The van der Waals surface area contributed by atoms with Crippen LogP contribution < -0.4 is 10.9 Å². The van der Waals surface area contributed by atoms with E-state index >= 15 is 0 Å². The van der Waals surface area contributed by atoms with Crippen LogP contribution in [0.25, 0.3) is 11.0 Å². The Morgan fingerprint density at radius 1 is 1.28 bits per heavy atom. The van der Waals surface area contributed by atoms with E-state index in [4.69, 9.17) is 4.42 Å². The van der Waals surface area contributed by atoms with Crippen LogP contribution >= 0.6 is 0 Å². The van der Waals surface area contributed by atoms with Crippen molar-refractivity contribution in [3.8, 4) is 0 Å². The van der Waals surface area contributed by atoms with E-state index in [0.717, 1.165) is 10.9 Å². The third-order valence-corrected chi connectivity index (χ3v) is 7.79. The van der Waals surface area contributed by atoms with Gasteiger partial charge >= 0.3 is 5.63 Å². The fourth-order valence-corrected chi connectivity index (χ4v) is 5.77. The second-order valence-corrected chi connectivity index (χ2v) is 9.99. The number of hydrogen-bond acceptors (Lipinski definition) is 6. The minimum absolute atomic E-state index is 0.104. The number of anilines is 1. The smallest absolute Gasteiger partial charge is 0.336 e. The standard InChI is InChI=1S/C22H26N4O5S/c1-4-25-13-20(15(3)24-25)32(29,30)26-9-5-6-16(12-26)22(28)23-17-7-8-18-14(2)10-21(27)31-19(18)11-17/h7-8,10-11,13,16H,4-6,9,12H2,1-3H3,(H,23,28)/t16-/m1/s1. The second-order valence-electron chi connectivity index (χ2n) is 8.09. The summed E-state index contributed by atoms with van der Waals surface area (Å²) in [5.74, 6) is -0.750. The summed E-state index contributed by atoms with van der Waals surface area (Å²) >= 11 is 0. The maximum atomic E-state index is 13.2. The van der Waals surface area contributed by atoms with Crippen LogP contribution in [0.5, 0.6) is 0 Å². The Balaban J connectivity index is 1.52. The predicted octanol–water partition coefficient (Wildman–Crippen LogP) is 2.67. The lowest BCUT2D eigenvalue weighted by atomic mass is 9.98. The number of aromatic nitrogens is 2. The molecule has 10 heteroatoms. The maximum absolute atomic E-state index is 13.2. The molecule has 1 amide bonds. The highest BCUT2D eigenvalue weighted by atomic mass is 32.2. The molecule has 0 saturated carbocycles. The number of amides is 1.